The van der Waals surface area contributed by atoms with Crippen LogP contribution in [-0.2, 0) is 0 Å². The smallest absolute Gasteiger partial charge is 0.149 e. The Morgan fingerprint density at radius 1 is 1.06 bits per heavy atom. The van der Waals surface area contributed by atoms with E-state index in [0.717, 1.165) is 0 Å². The van der Waals surface area contributed by atoms with Gasteiger partial charge < -0.3 is 0 Å². The fourth-order valence-corrected chi connectivity index (χ4v) is 3.54. The summed E-state index contributed by atoms with van der Waals surface area (Å²) in [6, 6.07) is 0. The predicted octanol–water partition coefficient (Wildman–Crippen LogP) is 6.72. The average Bonchev–Trinajstić information content (AvgIpc) is 2.30. The lowest BCUT2D eigenvalue weighted by molar-refractivity contribution is 0.700. The molecule has 0 heterocycles. The van der Waals surface area contributed by atoms with Gasteiger partial charge in [0.25, 0.3) is 5.54 Å². The van der Waals surface area contributed by atoms with E-state index in [1.54, 1.807) is 0 Å². The summed E-state index contributed by atoms with van der Waals surface area (Å²) in [6.07, 6.45) is 10.4. The van der Waals surface area contributed by atoms with Crippen LogP contribution in [0.4, 0.5) is 0 Å². The first-order chi connectivity index (χ1) is 7.63. The molecule has 0 aliphatic heterocycles. The van der Waals surface area contributed by atoms with Crippen LogP contribution in [-0.4, -0.2) is 5.54 Å². The fourth-order valence-electron chi connectivity index (χ4n) is 1.50. The van der Waals surface area contributed by atoms with E-state index in [1.165, 1.54) is 59.2 Å². The lowest BCUT2D eigenvalue weighted by atomic mass is 9.71. The number of unbranched alkanes of at least 4 members (excludes halogenated alkanes) is 4. The van der Waals surface area contributed by atoms with Crippen molar-refractivity contribution in [3.63, 3.8) is 0 Å². The molecule has 0 amide bonds. The van der Waals surface area contributed by atoms with Crippen molar-refractivity contribution < 1.29 is 0 Å². The summed E-state index contributed by atoms with van der Waals surface area (Å²) in [7, 11) is 0. The molecule has 0 rings (SSSR count). The Morgan fingerprint density at radius 3 is 2.25 bits per heavy atom. The molecule has 0 aromatic heterocycles. The van der Waals surface area contributed by atoms with Crippen molar-refractivity contribution in [2.75, 3.05) is 0 Å². The van der Waals surface area contributed by atoms with E-state index in [1.807, 2.05) is 0 Å². The molecule has 0 unspecified atom stereocenters. The highest BCUT2D eigenvalue weighted by Gasteiger charge is 2.15. The van der Waals surface area contributed by atoms with Gasteiger partial charge in [0.05, 0.1) is 0 Å². The van der Waals surface area contributed by atoms with Crippen molar-refractivity contribution in [3.05, 3.63) is 7.96 Å². The molecule has 0 aromatic carbocycles. The predicted molar refractivity (Wildman–Crippen MR) is 93.1 cm³/mol. The second-order valence-electron chi connectivity index (χ2n) is 4.17. The number of hydrogen-bond acceptors (Lipinski definition) is 0. The second-order valence-corrected chi connectivity index (χ2v) is 7.40. The van der Waals surface area contributed by atoms with Crippen LogP contribution in [0.15, 0.2) is 7.96 Å². The molecule has 0 aliphatic rings. The molecule has 0 spiro atoms. The van der Waals surface area contributed by atoms with E-state index < -0.39 is 0 Å². The molecule has 0 atom stereocenters. The summed E-state index contributed by atoms with van der Waals surface area (Å²) in [5.74, 6) is 0. The molecule has 0 aliphatic carbocycles. The Hall–Kier alpha value is 1.49. The van der Waals surface area contributed by atoms with Crippen molar-refractivity contribution in [2.24, 2.45) is 0 Å². The average molecular weight is 464 g/mol. The highest BCUT2D eigenvalue weighted by atomic mass is 127. The third-order valence-electron chi connectivity index (χ3n) is 2.60. The van der Waals surface area contributed by atoms with Gasteiger partial charge in [-0.25, -0.2) is 0 Å². The minimum absolute atomic E-state index is 0.552. The van der Waals surface area contributed by atoms with Crippen molar-refractivity contribution in [3.8, 4) is 0 Å². The third kappa shape index (κ3) is 8.57. The summed E-state index contributed by atoms with van der Waals surface area (Å²) in [5, 5.41) is 0. The van der Waals surface area contributed by atoms with Gasteiger partial charge in [-0.1, -0.05) is 90.8 Å². The highest BCUT2D eigenvalue weighted by Crippen LogP contribution is 2.30. The van der Waals surface area contributed by atoms with Crippen LogP contribution < -0.4 is 0 Å². The van der Waals surface area contributed by atoms with Crippen molar-refractivity contribution in [1.29, 1.82) is 0 Å². The van der Waals surface area contributed by atoms with Gasteiger partial charge >= 0.3 is 0 Å². The van der Waals surface area contributed by atoms with E-state index in [9.17, 15) is 0 Å². The van der Waals surface area contributed by atoms with E-state index in [2.05, 4.69) is 68.1 Å². The fraction of sp³-hybridized carbons (Fsp3) is 0.833. The molecule has 16 heavy (non-hydrogen) atoms. The largest absolute Gasteiger partial charge is 0.263 e. The number of allylic oxidation sites excluding steroid dienone is 1. The van der Waals surface area contributed by atoms with Crippen molar-refractivity contribution in [1.82, 2.24) is 0 Å². The zero-order valence-corrected chi connectivity index (χ0v) is 15.7. The van der Waals surface area contributed by atoms with Crippen LogP contribution in [0.5, 0.6) is 0 Å². The van der Waals surface area contributed by atoms with E-state index in [-0.39, 0.29) is 0 Å². The Labute approximate surface area is 132 Å². The minimum Gasteiger partial charge on any atom is -0.149 e. The van der Waals surface area contributed by atoms with Crippen LogP contribution >= 0.6 is 54.3 Å². The molecule has 4 heteroatoms. The maximum atomic E-state index is 3.79. The van der Waals surface area contributed by atoms with E-state index in [4.69, 9.17) is 0 Å². The number of rotatable bonds is 9. The van der Waals surface area contributed by atoms with Crippen LogP contribution in [0.1, 0.15) is 58.8 Å². The summed E-state index contributed by atoms with van der Waals surface area (Å²) in [4.78, 5) is 0. The Kier molecular flexibility index (Phi) is 12.7. The lowest BCUT2D eigenvalue weighted by Crippen LogP contribution is -2.04. The second kappa shape index (κ2) is 11.6. The summed E-state index contributed by atoms with van der Waals surface area (Å²) in [6.45, 7) is 4.50. The standard InChI is InChI=1S/C12H22BBr2I/c1-3-5-7-8-10-13(15)12(16)11(14)9-6-4-2/h3-10H2,1-2H3/b12-11+. The quantitative estimate of drug-likeness (QED) is 0.202. The van der Waals surface area contributed by atoms with Gasteiger partial charge in [-0.15, -0.1) is 15.8 Å². The Balaban J connectivity index is 3.90. The maximum absolute atomic E-state index is 3.79. The van der Waals surface area contributed by atoms with Gasteiger partial charge in [0.2, 0.25) is 0 Å². The molecule has 0 fully saturated rings. The van der Waals surface area contributed by atoms with E-state index in [0.29, 0.717) is 5.54 Å². The van der Waals surface area contributed by atoms with Crippen LogP contribution in [0.3, 0.4) is 0 Å². The monoisotopic (exact) mass is 462 g/mol. The SMILES string of the molecule is CCCCCCB(Br)/C(I)=C(\Br)CCCC. The zero-order chi connectivity index (χ0) is 12.4. The van der Waals surface area contributed by atoms with Crippen LogP contribution in [0.25, 0.3) is 0 Å². The van der Waals surface area contributed by atoms with Gasteiger partial charge in [0.15, 0.2) is 0 Å². The van der Waals surface area contributed by atoms with Crippen molar-refractivity contribution >= 4 is 59.8 Å². The molecule has 0 N–H and O–H groups in total. The summed E-state index contributed by atoms with van der Waals surface area (Å²) in [5.41, 5.74) is 0.552. The molecule has 0 saturated heterocycles. The zero-order valence-electron chi connectivity index (χ0n) is 10.4. The van der Waals surface area contributed by atoms with Gasteiger partial charge in [0.1, 0.15) is 0 Å². The first-order valence-corrected chi connectivity index (χ1v) is 9.10. The minimum atomic E-state index is 0.552. The molecular formula is C12H22BBr2I. The van der Waals surface area contributed by atoms with Gasteiger partial charge in [-0.3, -0.25) is 0 Å². The maximum Gasteiger partial charge on any atom is 0.263 e. The van der Waals surface area contributed by atoms with Gasteiger partial charge in [0, 0.05) is 0 Å². The third-order valence-corrected chi connectivity index (χ3v) is 7.33. The summed E-state index contributed by atoms with van der Waals surface area (Å²) < 4.78 is 2.86. The number of hydrogen-bond donors (Lipinski definition) is 0. The molecule has 0 bridgehead atoms. The molecule has 0 saturated carbocycles. The molecule has 0 nitrogen and oxygen atoms in total. The lowest BCUT2D eigenvalue weighted by Gasteiger charge is -2.08. The molecule has 0 aromatic rings. The first kappa shape index (κ1) is 17.5. The first-order valence-electron chi connectivity index (χ1n) is 6.31. The molecule has 94 valence electrons. The Morgan fingerprint density at radius 2 is 1.69 bits per heavy atom. The Bertz CT molecular complexity index is 207. The highest BCUT2D eigenvalue weighted by molar-refractivity contribution is 14.1. The van der Waals surface area contributed by atoms with Gasteiger partial charge in [-0.05, 0) is 20.8 Å². The molecular weight excluding hydrogens is 442 g/mol. The van der Waals surface area contributed by atoms with E-state index >= 15 is 0 Å². The normalized spacial score (nSPS) is 12.6. The summed E-state index contributed by atoms with van der Waals surface area (Å²) >= 11 is 9.98. The molecule has 0 radical (unpaired) electrons. The van der Waals surface area contributed by atoms with Crippen molar-refractivity contribution in [2.45, 2.75) is 65.1 Å². The topological polar surface area (TPSA) is 0 Å². The van der Waals surface area contributed by atoms with Crippen LogP contribution in [0.2, 0.25) is 6.32 Å². The number of halogens is 3. The van der Waals surface area contributed by atoms with Crippen LogP contribution in [0, 0.1) is 0 Å². The van der Waals surface area contributed by atoms with Gasteiger partial charge in [-0.2, -0.15) is 0 Å².